The van der Waals surface area contributed by atoms with E-state index >= 15 is 0 Å². The average Bonchev–Trinajstić information content (AvgIpc) is 2.29. The van der Waals surface area contributed by atoms with Crippen LogP contribution in [0.5, 0.6) is 0 Å². The third-order valence-electron chi connectivity index (χ3n) is 1.78. The molecule has 0 radical (unpaired) electrons. The van der Waals surface area contributed by atoms with Gasteiger partial charge >= 0.3 is 12.3 Å². The molecule has 0 aromatic heterocycles. The van der Waals surface area contributed by atoms with Crippen molar-refractivity contribution in [3.8, 4) is 0 Å². The summed E-state index contributed by atoms with van der Waals surface area (Å²) in [6.45, 7) is 8.73. The summed E-state index contributed by atoms with van der Waals surface area (Å²) in [5.74, 6) is 0. The Morgan fingerprint density at radius 1 is 1.11 bits per heavy atom. The molecule has 2 N–H and O–H groups in total. The standard InChI is InChI=1S/C8H12O6.C4H10O/c1-3-4-6(14-8(11)12)5(2)13-7(9)10;1-3-5-4-2/h3-6H,1-2H3,(H,9,10)(H,11,12);3-4H2,1-2H3/b4-3-;. The number of rotatable bonds is 6. The lowest BCUT2D eigenvalue weighted by atomic mass is 10.2. The molecule has 0 saturated carbocycles. The van der Waals surface area contributed by atoms with Crippen molar-refractivity contribution in [2.24, 2.45) is 0 Å². The summed E-state index contributed by atoms with van der Waals surface area (Å²) >= 11 is 0. The Bertz CT molecular complexity index is 273. The summed E-state index contributed by atoms with van der Waals surface area (Å²) in [5, 5.41) is 16.6. The molecule has 0 bridgehead atoms. The Morgan fingerprint density at radius 3 is 1.84 bits per heavy atom. The predicted octanol–water partition coefficient (Wildman–Crippen LogP) is 2.75. The smallest absolute Gasteiger partial charge is 0.450 e. The normalized spacial score (nSPS) is 13.1. The van der Waals surface area contributed by atoms with E-state index in [0.717, 1.165) is 13.2 Å². The van der Waals surface area contributed by atoms with Gasteiger partial charge in [-0.05, 0) is 33.8 Å². The first-order chi connectivity index (χ1) is 8.88. The second-order valence-electron chi connectivity index (χ2n) is 3.24. The highest BCUT2D eigenvalue weighted by atomic mass is 16.7. The van der Waals surface area contributed by atoms with Crippen molar-refractivity contribution in [2.75, 3.05) is 13.2 Å². The van der Waals surface area contributed by atoms with E-state index in [-0.39, 0.29) is 0 Å². The Morgan fingerprint density at radius 2 is 1.58 bits per heavy atom. The van der Waals surface area contributed by atoms with Gasteiger partial charge in [-0.2, -0.15) is 0 Å². The first-order valence-electron chi connectivity index (χ1n) is 5.88. The van der Waals surface area contributed by atoms with Crippen molar-refractivity contribution in [1.82, 2.24) is 0 Å². The third kappa shape index (κ3) is 14.2. The van der Waals surface area contributed by atoms with Gasteiger partial charge in [0.25, 0.3) is 0 Å². The summed E-state index contributed by atoms with van der Waals surface area (Å²) in [4.78, 5) is 20.4. The minimum absolute atomic E-state index is 0.844. The number of hydrogen-bond acceptors (Lipinski definition) is 5. The van der Waals surface area contributed by atoms with Crippen molar-refractivity contribution >= 4 is 12.3 Å². The van der Waals surface area contributed by atoms with Gasteiger partial charge in [-0.15, -0.1) is 0 Å². The molecule has 0 amide bonds. The van der Waals surface area contributed by atoms with Crippen molar-refractivity contribution in [1.29, 1.82) is 0 Å². The maximum absolute atomic E-state index is 10.2. The molecular weight excluding hydrogens is 256 g/mol. The zero-order chi connectivity index (χ0) is 15.3. The van der Waals surface area contributed by atoms with Gasteiger partial charge < -0.3 is 24.4 Å². The van der Waals surface area contributed by atoms with Crippen LogP contribution >= 0.6 is 0 Å². The molecule has 0 aliphatic heterocycles. The van der Waals surface area contributed by atoms with Crippen LogP contribution in [0.25, 0.3) is 0 Å². The number of carboxylic acid groups (broad SMARTS) is 2. The quantitative estimate of drug-likeness (QED) is 0.568. The highest BCUT2D eigenvalue weighted by molar-refractivity contribution is 5.58. The van der Waals surface area contributed by atoms with E-state index in [2.05, 4.69) is 9.47 Å². The first-order valence-corrected chi connectivity index (χ1v) is 5.88. The van der Waals surface area contributed by atoms with Gasteiger partial charge in [0.1, 0.15) is 6.10 Å². The van der Waals surface area contributed by atoms with E-state index in [9.17, 15) is 9.59 Å². The van der Waals surface area contributed by atoms with Crippen molar-refractivity contribution in [3.05, 3.63) is 12.2 Å². The number of allylic oxidation sites excluding steroid dienone is 1. The third-order valence-corrected chi connectivity index (χ3v) is 1.78. The molecule has 0 aromatic rings. The molecule has 2 atom stereocenters. The lowest BCUT2D eigenvalue weighted by molar-refractivity contribution is -0.0149. The van der Waals surface area contributed by atoms with Gasteiger partial charge in [0.2, 0.25) is 0 Å². The molecule has 0 aliphatic carbocycles. The summed E-state index contributed by atoms with van der Waals surface area (Å²) in [6, 6.07) is 0. The van der Waals surface area contributed by atoms with Gasteiger partial charge in [0, 0.05) is 13.2 Å². The second kappa shape index (κ2) is 12.7. The number of carbonyl (C=O) groups is 2. The highest BCUT2D eigenvalue weighted by Gasteiger charge is 2.21. The fourth-order valence-corrected chi connectivity index (χ4v) is 1.03. The second-order valence-corrected chi connectivity index (χ2v) is 3.24. The Labute approximate surface area is 112 Å². The molecule has 0 spiro atoms. The molecule has 7 nitrogen and oxygen atoms in total. The average molecular weight is 278 g/mol. The van der Waals surface area contributed by atoms with Crippen LogP contribution in [0.1, 0.15) is 27.7 Å². The number of hydrogen-bond donors (Lipinski definition) is 2. The van der Waals surface area contributed by atoms with E-state index in [1.807, 2.05) is 13.8 Å². The van der Waals surface area contributed by atoms with E-state index in [1.54, 1.807) is 13.0 Å². The topological polar surface area (TPSA) is 102 Å². The predicted molar refractivity (Wildman–Crippen MR) is 68.5 cm³/mol. The number of ether oxygens (including phenoxy) is 3. The summed E-state index contributed by atoms with van der Waals surface area (Å²) in [6.07, 6.45) is -1.79. The molecule has 0 aromatic carbocycles. The van der Waals surface area contributed by atoms with Crippen LogP contribution in [0.15, 0.2) is 12.2 Å². The molecule has 0 saturated heterocycles. The minimum Gasteiger partial charge on any atom is -0.450 e. The SMILES string of the molecule is C/C=C\C(OC(=O)O)C(C)OC(=O)O.CCOCC. The van der Waals surface area contributed by atoms with Crippen LogP contribution in [-0.4, -0.2) is 47.9 Å². The maximum Gasteiger partial charge on any atom is 0.506 e. The van der Waals surface area contributed by atoms with Gasteiger partial charge in [-0.1, -0.05) is 6.08 Å². The van der Waals surface area contributed by atoms with Gasteiger partial charge in [-0.25, -0.2) is 9.59 Å². The van der Waals surface area contributed by atoms with E-state index in [1.165, 1.54) is 13.0 Å². The van der Waals surface area contributed by atoms with Crippen molar-refractivity contribution in [2.45, 2.75) is 39.9 Å². The van der Waals surface area contributed by atoms with E-state index in [4.69, 9.17) is 14.9 Å². The fourth-order valence-electron chi connectivity index (χ4n) is 1.03. The highest BCUT2D eigenvalue weighted by Crippen LogP contribution is 2.06. The Hall–Kier alpha value is -1.76. The molecule has 0 fully saturated rings. The summed E-state index contributed by atoms with van der Waals surface area (Å²) < 4.78 is 13.6. The molecule has 112 valence electrons. The van der Waals surface area contributed by atoms with Gasteiger partial charge in [0.15, 0.2) is 6.10 Å². The van der Waals surface area contributed by atoms with Gasteiger partial charge in [-0.3, -0.25) is 0 Å². The Kier molecular flexibility index (Phi) is 13.1. The van der Waals surface area contributed by atoms with Crippen LogP contribution in [0, 0.1) is 0 Å². The summed E-state index contributed by atoms with van der Waals surface area (Å²) in [5.41, 5.74) is 0. The Balaban J connectivity index is 0. The zero-order valence-electron chi connectivity index (χ0n) is 11.7. The fraction of sp³-hybridized carbons (Fsp3) is 0.667. The monoisotopic (exact) mass is 278 g/mol. The van der Waals surface area contributed by atoms with Crippen LogP contribution in [-0.2, 0) is 14.2 Å². The maximum atomic E-state index is 10.2. The summed E-state index contributed by atoms with van der Waals surface area (Å²) in [7, 11) is 0. The van der Waals surface area contributed by atoms with E-state index < -0.39 is 24.5 Å². The van der Waals surface area contributed by atoms with Crippen LogP contribution in [0.4, 0.5) is 9.59 Å². The minimum atomic E-state index is -1.48. The lowest BCUT2D eigenvalue weighted by Crippen LogP contribution is -2.30. The molecule has 2 unspecified atom stereocenters. The van der Waals surface area contributed by atoms with Crippen LogP contribution in [0.2, 0.25) is 0 Å². The van der Waals surface area contributed by atoms with Crippen LogP contribution in [0.3, 0.4) is 0 Å². The molecular formula is C12H22O7. The first kappa shape index (κ1) is 19.6. The zero-order valence-corrected chi connectivity index (χ0v) is 11.7. The molecule has 0 heterocycles. The van der Waals surface area contributed by atoms with Crippen molar-refractivity contribution < 1.29 is 34.0 Å². The van der Waals surface area contributed by atoms with Crippen molar-refractivity contribution in [3.63, 3.8) is 0 Å². The molecule has 7 heteroatoms. The molecule has 0 aliphatic rings. The lowest BCUT2D eigenvalue weighted by Gasteiger charge is -2.18. The van der Waals surface area contributed by atoms with Gasteiger partial charge in [0.05, 0.1) is 0 Å². The largest absolute Gasteiger partial charge is 0.506 e. The molecule has 19 heavy (non-hydrogen) atoms. The molecule has 0 rings (SSSR count). The van der Waals surface area contributed by atoms with E-state index in [0.29, 0.717) is 0 Å². The van der Waals surface area contributed by atoms with Crippen LogP contribution < -0.4 is 0 Å².